The lowest BCUT2D eigenvalue weighted by atomic mass is 9.43. The lowest BCUT2D eigenvalue weighted by Crippen LogP contribution is -2.55. The Morgan fingerprint density at radius 2 is 2.00 bits per heavy atom. The Morgan fingerprint density at radius 1 is 1.30 bits per heavy atom. The summed E-state index contributed by atoms with van der Waals surface area (Å²) in [7, 11) is -3.34. The van der Waals surface area contributed by atoms with Gasteiger partial charge in [0, 0.05) is 0 Å². The minimum absolute atomic E-state index is 0.145. The Hall–Kier alpha value is -0.350. The van der Waals surface area contributed by atoms with Gasteiger partial charge >= 0.3 is 0 Å². The van der Waals surface area contributed by atoms with E-state index in [-0.39, 0.29) is 11.5 Å². The SMILES string of the molecule is CC1C(C)C2C1CC=C1C[C@H](OS(C)(=O)=O)CC[C@@]12C. The van der Waals surface area contributed by atoms with Gasteiger partial charge in [-0.3, -0.25) is 4.18 Å². The fourth-order valence-electron chi connectivity index (χ4n) is 5.21. The second-order valence-electron chi connectivity index (χ2n) is 7.46. The van der Waals surface area contributed by atoms with Crippen LogP contribution in [0.25, 0.3) is 0 Å². The maximum absolute atomic E-state index is 11.3. The first-order valence-corrected chi connectivity index (χ1v) is 9.62. The Morgan fingerprint density at radius 3 is 2.65 bits per heavy atom. The van der Waals surface area contributed by atoms with Gasteiger partial charge in [-0.2, -0.15) is 8.42 Å². The van der Waals surface area contributed by atoms with E-state index in [9.17, 15) is 8.42 Å². The quantitative estimate of drug-likeness (QED) is 0.580. The average Bonchev–Trinajstić information content (AvgIpc) is 2.35. The molecule has 0 heterocycles. The second kappa shape index (κ2) is 4.57. The number of allylic oxidation sites excluding steroid dienone is 1. The number of hydrogen-bond donors (Lipinski definition) is 0. The predicted molar refractivity (Wildman–Crippen MR) is 79.7 cm³/mol. The highest BCUT2D eigenvalue weighted by atomic mass is 32.2. The van der Waals surface area contributed by atoms with Crippen LogP contribution in [-0.4, -0.2) is 20.8 Å². The maximum Gasteiger partial charge on any atom is 0.264 e. The highest BCUT2D eigenvalue weighted by Crippen LogP contribution is 2.64. The van der Waals surface area contributed by atoms with Crippen LogP contribution < -0.4 is 0 Å². The topological polar surface area (TPSA) is 43.4 Å². The molecule has 0 spiro atoms. The largest absolute Gasteiger partial charge is 0.267 e. The highest BCUT2D eigenvalue weighted by molar-refractivity contribution is 7.86. The van der Waals surface area contributed by atoms with Crippen molar-refractivity contribution in [2.24, 2.45) is 29.1 Å². The Bertz CT molecular complexity index is 536. The number of rotatable bonds is 2. The maximum atomic E-state index is 11.3. The molecule has 0 bridgehead atoms. The second-order valence-corrected chi connectivity index (χ2v) is 9.06. The molecular weight excluding hydrogens is 272 g/mol. The van der Waals surface area contributed by atoms with Crippen LogP contribution in [0.4, 0.5) is 0 Å². The van der Waals surface area contributed by atoms with E-state index >= 15 is 0 Å². The average molecular weight is 298 g/mol. The van der Waals surface area contributed by atoms with E-state index in [0.717, 1.165) is 49.2 Å². The van der Waals surface area contributed by atoms with Gasteiger partial charge < -0.3 is 0 Å². The van der Waals surface area contributed by atoms with Crippen molar-refractivity contribution in [1.29, 1.82) is 0 Å². The summed E-state index contributed by atoms with van der Waals surface area (Å²) in [4.78, 5) is 0. The van der Waals surface area contributed by atoms with Crippen molar-refractivity contribution >= 4 is 10.1 Å². The molecule has 114 valence electrons. The van der Waals surface area contributed by atoms with E-state index in [1.54, 1.807) is 0 Å². The molecular formula is C16H26O3S. The molecule has 3 rings (SSSR count). The summed E-state index contributed by atoms with van der Waals surface area (Å²) in [6, 6.07) is 0. The van der Waals surface area contributed by atoms with Gasteiger partial charge in [-0.05, 0) is 54.8 Å². The lowest BCUT2D eigenvalue weighted by molar-refractivity contribution is -0.0910. The molecule has 2 saturated carbocycles. The lowest BCUT2D eigenvalue weighted by Gasteiger charge is -2.62. The molecule has 2 fully saturated rings. The molecule has 3 nitrogen and oxygen atoms in total. The molecule has 0 aliphatic heterocycles. The van der Waals surface area contributed by atoms with Gasteiger partial charge in [-0.15, -0.1) is 0 Å². The standard InChI is InChI=1S/C16H26O3S/c1-10-11(2)15-14(10)6-5-12-9-13(19-20(4,17)18)7-8-16(12,15)3/h5,10-11,13-15H,6-9H2,1-4H3/t10?,11?,13-,14?,15?,16+/m1/s1. The Labute approximate surface area is 122 Å². The van der Waals surface area contributed by atoms with Gasteiger partial charge in [0.05, 0.1) is 12.4 Å². The van der Waals surface area contributed by atoms with Crippen LogP contribution in [0.3, 0.4) is 0 Å². The molecule has 3 aliphatic rings. The molecule has 0 aromatic rings. The summed E-state index contributed by atoms with van der Waals surface area (Å²) in [5, 5.41) is 0. The molecule has 0 radical (unpaired) electrons. The van der Waals surface area contributed by atoms with Crippen molar-refractivity contribution in [2.45, 2.75) is 52.6 Å². The Kier molecular flexibility index (Phi) is 3.33. The minimum atomic E-state index is -3.34. The first kappa shape index (κ1) is 14.6. The van der Waals surface area contributed by atoms with E-state index in [2.05, 4.69) is 26.8 Å². The van der Waals surface area contributed by atoms with Crippen molar-refractivity contribution in [3.05, 3.63) is 11.6 Å². The molecule has 0 amide bonds. The molecule has 0 saturated heterocycles. The van der Waals surface area contributed by atoms with Gasteiger partial charge in [0.15, 0.2) is 0 Å². The molecule has 6 atom stereocenters. The van der Waals surface area contributed by atoms with Gasteiger partial charge in [-0.25, -0.2) is 0 Å². The summed E-state index contributed by atoms with van der Waals surface area (Å²) in [6.07, 6.45) is 7.31. The van der Waals surface area contributed by atoms with Crippen molar-refractivity contribution in [3.8, 4) is 0 Å². The van der Waals surface area contributed by atoms with Crippen molar-refractivity contribution in [2.75, 3.05) is 6.26 Å². The van der Waals surface area contributed by atoms with E-state index < -0.39 is 10.1 Å². The zero-order valence-electron chi connectivity index (χ0n) is 12.9. The summed E-state index contributed by atoms with van der Waals surface area (Å²) >= 11 is 0. The van der Waals surface area contributed by atoms with Crippen LogP contribution in [-0.2, 0) is 14.3 Å². The summed E-state index contributed by atoms with van der Waals surface area (Å²) in [5.74, 6) is 3.25. The van der Waals surface area contributed by atoms with Crippen LogP contribution in [0.15, 0.2) is 11.6 Å². The summed E-state index contributed by atoms with van der Waals surface area (Å²) in [6.45, 7) is 7.17. The fraction of sp³-hybridized carbons (Fsp3) is 0.875. The van der Waals surface area contributed by atoms with Crippen molar-refractivity contribution in [1.82, 2.24) is 0 Å². The zero-order valence-corrected chi connectivity index (χ0v) is 13.7. The van der Waals surface area contributed by atoms with E-state index in [1.165, 1.54) is 12.0 Å². The molecule has 0 aromatic heterocycles. The van der Waals surface area contributed by atoms with Crippen molar-refractivity contribution in [3.63, 3.8) is 0 Å². The van der Waals surface area contributed by atoms with Crippen molar-refractivity contribution < 1.29 is 12.6 Å². The third-order valence-corrected chi connectivity index (χ3v) is 7.00. The number of fused-ring (bicyclic) bond motifs is 3. The summed E-state index contributed by atoms with van der Waals surface area (Å²) in [5.41, 5.74) is 1.74. The minimum Gasteiger partial charge on any atom is -0.267 e. The van der Waals surface area contributed by atoms with Crippen LogP contribution >= 0.6 is 0 Å². The van der Waals surface area contributed by atoms with Gasteiger partial charge in [-0.1, -0.05) is 32.4 Å². The van der Waals surface area contributed by atoms with Gasteiger partial charge in [0.25, 0.3) is 10.1 Å². The van der Waals surface area contributed by atoms with E-state index in [4.69, 9.17) is 4.18 Å². The third kappa shape index (κ3) is 2.16. The van der Waals surface area contributed by atoms with Crippen LogP contribution in [0.5, 0.6) is 0 Å². The molecule has 3 aliphatic carbocycles. The van der Waals surface area contributed by atoms with Crippen LogP contribution in [0, 0.1) is 29.1 Å². The fourth-order valence-corrected chi connectivity index (χ4v) is 5.87. The number of hydrogen-bond acceptors (Lipinski definition) is 3. The van der Waals surface area contributed by atoms with Gasteiger partial charge in [0.2, 0.25) is 0 Å². The van der Waals surface area contributed by atoms with Gasteiger partial charge in [0.1, 0.15) is 0 Å². The molecule has 0 N–H and O–H groups in total. The first-order chi connectivity index (χ1) is 9.22. The predicted octanol–water partition coefficient (Wildman–Crippen LogP) is 3.37. The Balaban J connectivity index is 1.80. The molecule has 0 aromatic carbocycles. The molecule has 20 heavy (non-hydrogen) atoms. The van der Waals surface area contributed by atoms with Crippen LogP contribution in [0.2, 0.25) is 0 Å². The molecule has 4 unspecified atom stereocenters. The molecule has 4 heteroatoms. The smallest absolute Gasteiger partial charge is 0.264 e. The normalized spacial score (nSPS) is 47.8. The zero-order chi connectivity index (χ0) is 14.7. The monoisotopic (exact) mass is 298 g/mol. The first-order valence-electron chi connectivity index (χ1n) is 7.80. The van der Waals surface area contributed by atoms with E-state index in [0.29, 0.717) is 0 Å². The van der Waals surface area contributed by atoms with Crippen LogP contribution in [0.1, 0.15) is 46.5 Å². The summed E-state index contributed by atoms with van der Waals surface area (Å²) < 4.78 is 27.9. The van der Waals surface area contributed by atoms with E-state index in [1.807, 2.05) is 0 Å². The third-order valence-electron chi connectivity index (χ3n) is 6.38. The highest BCUT2D eigenvalue weighted by Gasteiger charge is 2.57.